The van der Waals surface area contributed by atoms with Crippen molar-refractivity contribution < 1.29 is 76.5 Å². The van der Waals surface area contributed by atoms with Gasteiger partial charge < -0.3 is 47.7 Å². The molecule has 2 saturated heterocycles. The molecule has 5 aliphatic rings. The number of carbonyl (C=O) groups excluding carboxylic acids is 6. The molecule has 0 aromatic heterocycles. The van der Waals surface area contributed by atoms with Crippen molar-refractivity contribution in [2.45, 2.75) is 97.0 Å². The summed E-state index contributed by atoms with van der Waals surface area (Å²) < 4.78 is 47.4. The van der Waals surface area contributed by atoms with Gasteiger partial charge in [0.1, 0.15) is 44.1 Å². The topological polar surface area (TPSA) is 206 Å². The number of hydrogen-bond donors (Lipinski definition) is 1. The Morgan fingerprint density at radius 2 is 1.49 bits per heavy atom. The van der Waals surface area contributed by atoms with E-state index in [1.807, 2.05) is 0 Å². The van der Waals surface area contributed by atoms with Crippen LogP contribution in [0.25, 0.3) is 0 Å². The molecule has 2 aliphatic heterocycles. The van der Waals surface area contributed by atoms with Crippen molar-refractivity contribution in [1.82, 2.24) is 0 Å². The maximum absolute atomic E-state index is 15.9. The molecule has 3 aliphatic carbocycles. The molecule has 0 radical (unpaired) electrons. The van der Waals surface area contributed by atoms with Gasteiger partial charge >= 0.3 is 30.4 Å². The van der Waals surface area contributed by atoms with E-state index in [4.69, 9.17) is 112 Å². The highest BCUT2D eigenvalue weighted by atomic mass is 35.6. The van der Waals surface area contributed by atoms with Crippen molar-refractivity contribution in [2.75, 3.05) is 19.8 Å². The van der Waals surface area contributed by atoms with E-state index in [9.17, 15) is 24.3 Å². The molecule has 10 atom stereocenters. The maximum Gasteiger partial charge on any atom is 0.509 e. The van der Waals surface area contributed by atoms with Gasteiger partial charge in [0.05, 0.1) is 12.0 Å². The van der Waals surface area contributed by atoms with Crippen LogP contribution in [0.4, 0.5) is 14.4 Å². The van der Waals surface area contributed by atoms with Gasteiger partial charge in [-0.3, -0.25) is 14.4 Å². The lowest BCUT2D eigenvalue weighted by atomic mass is 9.42. The molecule has 4 fully saturated rings. The van der Waals surface area contributed by atoms with Crippen LogP contribution in [0.3, 0.4) is 0 Å². The lowest BCUT2D eigenvalue weighted by molar-refractivity contribution is -0.338. The van der Waals surface area contributed by atoms with Gasteiger partial charge in [0.25, 0.3) is 0 Å². The Morgan fingerprint density at radius 1 is 0.898 bits per heavy atom. The van der Waals surface area contributed by atoms with Crippen molar-refractivity contribution in [3.05, 3.63) is 47.0 Å². The molecule has 1 aromatic carbocycles. The maximum atomic E-state index is 15.9. The third-order valence-corrected chi connectivity index (χ3v) is 12.5. The molecule has 1 aromatic rings. The molecule has 324 valence electrons. The van der Waals surface area contributed by atoms with E-state index in [1.165, 1.54) is 27.7 Å². The number of rotatable bonds is 8. The number of benzene rings is 1. The van der Waals surface area contributed by atoms with Gasteiger partial charge in [-0.05, 0) is 30.6 Å². The van der Waals surface area contributed by atoms with Crippen molar-refractivity contribution >= 4 is 106 Å². The molecule has 16 nitrogen and oxygen atoms in total. The van der Waals surface area contributed by atoms with Gasteiger partial charge in [-0.25, -0.2) is 14.4 Å². The minimum absolute atomic E-state index is 0.0326. The first-order valence-corrected chi connectivity index (χ1v) is 20.2. The van der Waals surface area contributed by atoms with Crippen LogP contribution in [0.5, 0.6) is 0 Å². The van der Waals surface area contributed by atoms with E-state index in [0.717, 1.165) is 6.92 Å². The van der Waals surface area contributed by atoms with Crippen molar-refractivity contribution in [2.24, 2.45) is 22.7 Å². The lowest BCUT2D eigenvalue weighted by Crippen LogP contribution is -2.82. The van der Waals surface area contributed by atoms with Crippen LogP contribution in [-0.2, 0) is 63.6 Å². The van der Waals surface area contributed by atoms with E-state index >= 15 is 9.59 Å². The molecule has 59 heavy (non-hydrogen) atoms. The van der Waals surface area contributed by atoms with E-state index in [1.54, 1.807) is 30.3 Å². The number of aliphatic hydroxyl groups is 1. The molecule has 6 rings (SSSR count). The van der Waals surface area contributed by atoms with E-state index in [2.05, 4.69) is 0 Å². The molecule has 2 bridgehead atoms. The minimum Gasteiger partial charge on any atom is -0.460 e. The number of hydrogen-bond acceptors (Lipinski definition) is 16. The monoisotopic (exact) mass is 948 g/mol. The fourth-order valence-corrected chi connectivity index (χ4v) is 9.85. The Balaban J connectivity index is 1.65. The predicted octanol–water partition coefficient (Wildman–Crippen LogP) is 6.43. The van der Waals surface area contributed by atoms with Crippen LogP contribution in [-0.4, -0.2) is 110 Å². The van der Waals surface area contributed by atoms with E-state index < -0.39 is 134 Å². The fraction of sp³-hybridized carbons (Fsp3) is 0.622. The number of aliphatic hydroxyl groups excluding tert-OH is 1. The molecule has 2 saturated carbocycles. The van der Waals surface area contributed by atoms with Gasteiger partial charge in [0.15, 0.2) is 29.2 Å². The number of carbonyl (C=O) groups is 6. The zero-order valence-corrected chi connectivity index (χ0v) is 36.3. The zero-order valence-electron chi connectivity index (χ0n) is 31.8. The van der Waals surface area contributed by atoms with Gasteiger partial charge in [-0.15, -0.1) is 0 Å². The Kier molecular flexibility index (Phi) is 12.4. The van der Waals surface area contributed by atoms with Gasteiger partial charge in [-0.1, -0.05) is 114 Å². The Bertz CT molecular complexity index is 1930. The first-order chi connectivity index (χ1) is 27.3. The van der Waals surface area contributed by atoms with E-state index in [0.29, 0.717) is 5.56 Å². The first kappa shape index (κ1) is 45.6. The SMILES string of the molecule is CC(=O)O[C@@]12CO[C@@H]1C[C@H](OC(=O)OCC(Cl)(Cl)Cl)[C@@]1(C)C(=O)[C@H](OC(=O)OCC(Cl)(Cl)Cl)C3=C(C)[C@@H](O)[C@@H]4OC(=O)O[C@]4([C@@H](C(=O)OCc4ccccc4)[C@H]21)C3(C)C. The highest BCUT2D eigenvalue weighted by Crippen LogP contribution is 2.68. The van der Waals surface area contributed by atoms with Crippen LogP contribution in [0.15, 0.2) is 41.5 Å². The van der Waals surface area contributed by atoms with Crippen LogP contribution in [0.2, 0.25) is 0 Å². The summed E-state index contributed by atoms with van der Waals surface area (Å²) in [6, 6.07) is 8.48. The van der Waals surface area contributed by atoms with Crippen LogP contribution in [0.1, 0.15) is 46.6 Å². The molecule has 0 unspecified atom stereocenters. The Morgan fingerprint density at radius 3 is 2.03 bits per heavy atom. The minimum atomic E-state index is -2.38. The van der Waals surface area contributed by atoms with Crippen LogP contribution < -0.4 is 0 Å². The average molecular weight is 951 g/mol. The summed E-state index contributed by atoms with van der Waals surface area (Å²) in [4.78, 5) is 84.7. The smallest absolute Gasteiger partial charge is 0.460 e. The molecule has 22 heteroatoms. The number of fused-ring (bicyclic) bond motifs is 4. The average Bonchev–Trinajstić information content (AvgIpc) is 3.50. The molecule has 1 spiro atoms. The van der Waals surface area contributed by atoms with E-state index in [-0.39, 0.29) is 17.8 Å². The molecular formula is C37H38Cl6O16. The number of ketones is 1. The molecule has 1 N–H and O–H groups in total. The van der Waals surface area contributed by atoms with Gasteiger partial charge in [0, 0.05) is 24.7 Å². The predicted molar refractivity (Wildman–Crippen MR) is 205 cm³/mol. The third-order valence-electron chi connectivity index (χ3n) is 11.8. The number of ether oxygens (including phenoxy) is 9. The number of alkyl halides is 6. The molecule has 0 amide bonds. The van der Waals surface area contributed by atoms with Crippen LogP contribution >= 0.6 is 69.6 Å². The second-order valence-corrected chi connectivity index (χ2v) is 20.6. The normalized spacial score (nSPS) is 34.5. The zero-order chi connectivity index (χ0) is 43.7. The van der Waals surface area contributed by atoms with Crippen molar-refractivity contribution in [3.63, 3.8) is 0 Å². The number of Topliss-reactive ketones (excluding diaryl/α,β-unsaturated/α-hetero) is 1. The molecule has 2 heterocycles. The number of halogens is 6. The van der Waals surface area contributed by atoms with Crippen molar-refractivity contribution in [1.29, 1.82) is 0 Å². The van der Waals surface area contributed by atoms with Crippen LogP contribution in [0, 0.1) is 22.7 Å². The summed E-state index contributed by atoms with van der Waals surface area (Å²) in [6.07, 6.45) is -13.3. The summed E-state index contributed by atoms with van der Waals surface area (Å²) in [6.45, 7) is 4.24. The molecular weight excluding hydrogens is 913 g/mol. The summed E-state index contributed by atoms with van der Waals surface area (Å²) in [5.74, 6) is -6.78. The largest absolute Gasteiger partial charge is 0.509 e. The summed E-state index contributed by atoms with van der Waals surface area (Å²) in [5, 5.41) is 12.0. The summed E-state index contributed by atoms with van der Waals surface area (Å²) >= 11 is 34.9. The highest BCUT2D eigenvalue weighted by Gasteiger charge is 2.83. The van der Waals surface area contributed by atoms with Gasteiger partial charge in [0.2, 0.25) is 7.59 Å². The quantitative estimate of drug-likeness (QED) is 0.129. The Hall–Kier alpha value is -2.96. The third kappa shape index (κ3) is 8.01. The van der Waals surface area contributed by atoms with Gasteiger partial charge in [-0.2, -0.15) is 0 Å². The first-order valence-electron chi connectivity index (χ1n) is 18.0. The second kappa shape index (κ2) is 16.1. The lowest BCUT2D eigenvalue weighted by Gasteiger charge is -2.67. The number of esters is 2. The standard InChI is InChI=1S/C37H38Cl6O16/c1-16-21-24(56-30(49)54-15-36(41,42)43)26(46)33(5)19(55-29(48)53-14-35(38,39)40)11-20-34(13-52-20,58-17(2)44)25(33)22(28(47)51-12-18-9-7-6-8-10-18)37(32(21,3)4)27(23(16)45)57-31(50)59-37/h6-10,19-20,22-25,27,45H,11-15H2,1-5H3/t19-,20+,22+,23+,24+,25-,27-,33+,34-,37-/m0/s1. The second-order valence-electron chi connectivity index (χ2n) is 15.5. The summed E-state index contributed by atoms with van der Waals surface area (Å²) in [7, 11) is 0. The Labute approximate surface area is 367 Å². The fourth-order valence-electron chi connectivity index (χ4n) is 9.52. The summed E-state index contributed by atoms with van der Waals surface area (Å²) in [5.41, 5.74) is -8.18. The highest BCUT2D eigenvalue weighted by molar-refractivity contribution is 6.68. The van der Waals surface area contributed by atoms with Crippen molar-refractivity contribution in [3.8, 4) is 0 Å².